The van der Waals surface area contributed by atoms with Crippen molar-refractivity contribution in [1.29, 1.82) is 0 Å². The molecule has 12 heteroatoms. The number of anilines is 2. The van der Waals surface area contributed by atoms with E-state index in [9.17, 15) is 31.5 Å². The highest BCUT2D eigenvalue weighted by Gasteiger charge is 2.38. The number of unbranched alkanes of at least 4 members (excludes halogenated alkanes) is 1. The molecule has 0 aromatic heterocycles. The van der Waals surface area contributed by atoms with Crippen LogP contribution >= 0.6 is 0 Å². The van der Waals surface area contributed by atoms with Gasteiger partial charge in [0.2, 0.25) is 0 Å². The molecule has 3 rings (SSSR count). The van der Waals surface area contributed by atoms with Crippen molar-refractivity contribution < 1.29 is 41.4 Å². The molecular formula is C27H29F3N2O6S. The number of carbonyl (C=O) groups is 2. The fourth-order valence-corrected chi connectivity index (χ4v) is 4.47. The molecule has 0 unspecified atom stereocenters. The van der Waals surface area contributed by atoms with Gasteiger partial charge in [0.15, 0.2) is 0 Å². The Labute approximate surface area is 224 Å². The van der Waals surface area contributed by atoms with Crippen LogP contribution in [0.15, 0.2) is 77.7 Å². The number of nitrogens with one attached hydrogen (secondary N) is 1. The van der Waals surface area contributed by atoms with E-state index >= 15 is 0 Å². The first kappa shape index (κ1) is 31.2. The van der Waals surface area contributed by atoms with Crippen molar-refractivity contribution in [2.24, 2.45) is 0 Å². The van der Waals surface area contributed by atoms with Gasteiger partial charge in [-0.05, 0) is 49.2 Å². The zero-order valence-corrected chi connectivity index (χ0v) is 22.1. The lowest BCUT2D eigenvalue weighted by atomic mass is 10.1. The number of aryl methyl sites for hydroxylation is 1. The van der Waals surface area contributed by atoms with Gasteiger partial charge in [-0.15, -0.1) is 0 Å². The van der Waals surface area contributed by atoms with Crippen LogP contribution in [0.2, 0.25) is 0 Å². The maximum atomic E-state index is 12.7. The third kappa shape index (κ3) is 9.64. The Morgan fingerprint density at radius 1 is 0.949 bits per heavy atom. The first-order chi connectivity index (χ1) is 18.2. The van der Waals surface area contributed by atoms with Crippen molar-refractivity contribution in [1.82, 2.24) is 0 Å². The summed E-state index contributed by atoms with van der Waals surface area (Å²) in [5.41, 5.74) is 2.85. The van der Waals surface area contributed by atoms with Crippen LogP contribution in [0.5, 0.6) is 0 Å². The summed E-state index contributed by atoms with van der Waals surface area (Å²) in [6.45, 7) is 5.22. The molecule has 3 N–H and O–H groups in total. The molecule has 0 aliphatic carbocycles. The Morgan fingerprint density at radius 2 is 1.54 bits per heavy atom. The average molecular weight is 567 g/mol. The zero-order valence-electron chi connectivity index (χ0n) is 21.3. The van der Waals surface area contributed by atoms with Gasteiger partial charge in [-0.2, -0.15) is 13.2 Å². The molecule has 0 bridgehead atoms. The molecule has 0 heterocycles. The van der Waals surface area contributed by atoms with Gasteiger partial charge in [0.25, 0.3) is 10.0 Å². The van der Waals surface area contributed by atoms with Crippen molar-refractivity contribution >= 4 is 33.3 Å². The third-order valence-corrected chi connectivity index (χ3v) is 6.79. The molecule has 3 aromatic rings. The Kier molecular flexibility index (Phi) is 10.9. The minimum absolute atomic E-state index is 0.0566. The number of alkyl halides is 3. The molecule has 210 valence electrons. The van der Waals surface area contributed by atoms with Gasteiger partial charge in [-0.25, -0.2) is 18.0 Å². The lowest BCUT2D eigenvalue weighted by molar-refractivity contribution is -0.192. The average Bonchev–Trinajstić information content (AvgIpc) is 2.87. The fourth-order valence-electron chi connectivity index (χ4n) is 3.42. The highest BCUT2D eigenvalue weighted by molar-refractivity contribution is 7.92. The fraction of sp³-hybridized carbons (Fsp3) is 0.259. The zero-order chi connectivity index (χ0) is 29.2. The number of carboxylic acids is 2. The van der Waals surface area contributed by atoms with Crippen molar-refractivity contribution in [3.05, 3.63) is 89.5 Å². The monoisotopic (exact) mass is 566 g/mol. The lowest BCUT2D eigenvalue weighted by Gasteiger charge is -2.27. The molecular weight excluding hydrogens is 537 g/mol. The smallest absolute Gasteiger partial charge is 0.478 e. The molecule has 0 amide bonds. The lowest BCUT2D eigenvalue weighted by Crippen LogP contribution is -2.26. The van der Waals surface area contributed by atoms with Crippen molar-refractivity contribution in [3.63, 3.8) is 0 Å². The van der Waals surface area contributed by atoms with Crippen molar-refractivity contribution in [2.75, 3.05) is 16.2 Å². The molecule has 0 saturated carbocycles. The summed E-state index contributed by atoms with van der Waals surface area (Å²) in [7, 11) is -3.82. The summed E-state index contributed by atoms with van der Waals surface area (Å²) in [6, 6.07) is 21.0. The van der Waals surface area contributed by atoms with E-state index < -0.39 is 28.1 Å². The van der Waals surface area contributed by atoms with Crippen molar-refractivity contribution in [3.8, 4) is 0 Å². The molecule has 39 heavy (non-hydrogen) atoms. The summed E-state index contributed by atoms with van der Waals surface area (Å²) >= 11 is 0. The van der Waals surface area contributed by atoms with Crippen LogP contribution in [-0.2, 0) is 21.4 Å². The molecule has 3 aromatic carbocycles. The van der Waals surface area contributed by atoms with E-state index in [1.165, 1.54) is 18.2 Å². The van der Waals surface area contributed by atoms with Crippen LogP contribution in [0.25, 0.3) is 0 Å². The summed E-state index contributed by atoms with van der Waals surface area (Å²) < 4.78 is 59.7. The van der Waals surface area contributed by atoms with E-state index in [1.807, 2.05) is 42.2 Å². The highest BCUT2D eigenvalue weighted by atomic mass is 32.2. The second-order valence-corrected chi connectivity index (χ2v) is 10.2. The van der Waals surface area contributed by atoms with E-state index in [0.29, 0.717) is 18.8 Å². The van der Waals surface area contributed by atoms with Gasteiger partial charge < -0.3 is 15.1 Å². The predicted molar refractivity (Wildman–Crippen MR) is 141 cm³/mol. The molecule has 0 aliphatic heterocycles. The number of benzene rings is 3. The van der Waals surface area contributed by atoms with Crippen LogP contribution in [0.3, 0.4) is 0 Å². The minimum Gasteiger partial charge on any atom is -0.478 e. The van der Waals surface area contributed by atoms with E-state index in [4.69, 9.17) is 9.90 Å². The molecule has 0 saturated heterocycles. The van der Waals surface area contributed by atoms with E-state index in [1.54, 1.807) is 24.3 Å². The minimum atomic E-state index is -5.08. The quantitative estimate of drug-likeness (QED) is 0.278. The van der Waals surface area contributed by atoms with Crippen LogP contribution in [0.1, 0.15) is 41.3 Å². The van der Waals surface area contributed by atoms with Crippen molar-refractivity contribution in [2.45, 2.75) is 44.3 Å². The Hall–Kier alpha value is -4.06. The predicted octanol–water partition coefficient (Wildman–Crippen LogP) is 5.93. The first-order valence-electron chi connectivity index (χ1n) is 11.8. The summed E-state index contributed by atoms with van der Waals surface area (Å²) in [5, 5.41) is 17.0. The van der Waals surface area contributed by atoms with Crippen LogP contribution < -0.4 is 9.62 Å². The number of carboxylic acid groups (broad SMARTS) is 2. The molecule has 0 fully saturated rings. The normalized spacial score (nSPS) is 11.2. The Balaban J connectivity index is 0.000000673. The van der Waals surface area contributed by atoms with Crippen LogP contribution in [-0.4, -0.2) is 43.3 Å². The molecule has 0 aliphatic rings. The number of halogens is 3. The number of aromatic carboxylic acids is 1. The van der Waals surface area contributed by atoms with E-state index in [0.717, 1.165) is 24.0 Å². The number of nitrogens with zero attached hydrogens (tertiary/aromatic N) is 1. The molecule has 0 spiro atoms. The highest BCUT2D eigenvalue weighted by Crippen LogP contribution is 2.28. The number of aliphatic carboxylic acids is 1. The van der Waals surface area contributed by atoms with E-state index in [2.05, 4.69) is 11.6 Å². The summed E-state index contributed by atoms with van der Waals surface area (Å²) in [5.74, 6) is -3.86. The standard InChI is InChI=1S/C25H28N2O4S.C2HF3O2/c1-3-4-16-27(18-20-8-6-5-7-9-20)24-15-12-21(17-23(24)25(28)29)26-32(30,31)22-13-10-19(2)11-14-22;3-2(4,5)1(6)7/h5-15,17,26H,3-4,16,18H2,1-2H3,(H,28,29);(H,6,7). The van der Waals surface area contributed by atoms with E-state index in [-0.39, 0.29) is 16.1 Å². The maximum Gasteiger partial charge on any atom is 0.490 e. The largest absolute Gasteiger partial charge is 0.490 e. The van der Waals surface area contributed by atoms with Gasteiger partial charge >= 0.3 is 18.1 Å². The van der Waals surface area contributed by atoms with Gasteiger partial charge in [0.05, 0.1) is 16.1 Å². The summed E-state index contributed by atoms with van der Waals surface area (Å²) in [4.78, 5) is 23.1. The van der Waals surface area contributed by atoms with Gasteiger partial charge in [-0.3, -0.25) is 4.72 Å². The van der Waals surface area contributed by atoms with Gasteiger partial charge in [0, 0.05) is 18.8 Å². The maximum absolute atomic E-state index is 12.7. The van der Waals surface area contributed by atoms with Crippen LogP contribution in [0.4, 0.5) is 24.5 Å². The number of rotatable bonds is 10. The number of hydrogen-bond acceptors (Lipinski definition) is 5. The second kappa shape index (κ2) is 13.7. The Morgan fingerprint density at radius 3 is 2.05 bits per heavy atom. The molecule has 0 radical (unpaired) electrons. The second-order valence-electron chi connectivity index (χ2n) is 8.52. The topological polar surface area (TPSA) is 124 Å². The first-order valence-corrected chi connectivity index (χ1v) is 13.3. The SMILES string of the molecule is CCCCN(Cc1ccccc1)c1ccc(NS(=O)(=O)c2ccc(C)cc2)cc1C(=O)O.O=C(O)C(F)(F)F. The third-order valence-electron chi connectivity index (χ3n) is 5.39. The number of hydrogen-bond donors (Lipinski definition) is 3. The molecule has 0 atom stereocenters. The van der Waals surface area contributed by atoms with Gasteiger partial charge in [0.1, 0.15) is 0 Å². The Bertz CT molecular complexity index is 1360. The number of sulfonamides is 1. The summed E-state index contributed by atoms with van der Waals surface area (Å²) in [6.07, 6.45) is -3.20. The molecule has 8 nitrogen and oxygen atoms in total. The van der Waals surface area contributed by atoms with Crippen LogP contribution in [0, 0.1) is 6.92 Å². The van der Waals surface area contributed by atoms with Gasteiger partial charge in [-0.1, -0.05) is 61.4 Å².